The largest absolute Gasteiger partial charge is 0.299 e. The van der Waals surface area contributed by atoms with E-state index in [2.05, 4.69) is 40.2 Å². The molecule has 0 spiro atoms. The molecular formula is C22H23N3O. The van der Waals surface area contributed by atoms with E-state index < -0.39 is 0 Å². The number of rotatable bonds is 4. The highest BCUT2D eigenvalue weighted by Gasteiger charge is 2.22. The van der Waals surface area contributed by atoms with Crippen molar-refractivity contribution in [1.82, 2.24) is 14.5 Å². The lowest BCUT2D eigenvalue weighted by Crippen LogP contribution is -2.37. The monoisotopic (exact) mass is 345 g/mol. The third-order valence-electron chi connectivity index (χ3n) is 5.14. The molecule has 1 aromatic heterocycles. The molecule has 1 aliphatic heterocycles. The third-order valence-corrected chi connectivity index (χ3v) is 5.14. The molecule has 0 atom stereocenters. The molecule has 0 radical (unpaired) electrons. The fourth-order valence-electron chi connectivity index (χ4n) is 3.70. The normalized spacial score (nSPS) is 15.8. The van der Waals surface area contributed by atoms with Gasteiger partial charge in [-0.2, -0.15) is 0 Å². The molecule has 2 aromatic carbocycles. The zero-order valence-electron chi connectivity index (χ0n) is 14.8. The molecule has 0 unspecified atom stereocenters. The van der Waals surface area contributed by atoms with Gasteiger partial charge in [0.25, 0.3) is 5.56 Å². The fourth-order valence-corrected chi connectivity index (χ4v) is 3.70. The van der Waals surface area contributed by atoms with Crippen LogP contribution in [-0.2, 0) is 6.54 Å². The van der Waals surface area contributed by atoms with Crippen LogP contribution in [0.15, 0.2) is 78.0 Å². The van der Waals surface area contributed by atoms with Crippen LogP contribution in [-0.4, -0.2) is 27.5 Å². The summed E-state index contributed by atoms with van der Waals surface area (Å²) in [6.07, 6.45) is 5.34. The number of aromatic nitrogens is 2. The molecule has 3 aromatic rings. The summed E-state index contributed by atoms with van der Waals surface area (Å²) in [7, 11) is 0. The van der Waals surface area contributed by atoms with E-state index in [0.717, 1.165) is 38.0 Å². The van der Waals surface area contributed by atoms with Crippen LogP contribution >= 0.6 is 0 Å². The minimum absolute atomic E-state index is 0.0627. The number of likely N-dealkylation sites (tertiary alicyclic amines) is 1. The second-order valence-corrected chi connectivity index (χ2v) is 6.88. The van der Waals surface area contributed by atoms with Gasteiger partial charge < -0.3 is 0 Å². The molecule has 0 amide bonds. The van der Waals surface area contributed by atoms with Gasteiger partial charge in [-0.1, -0.05) is 60.7 Å². The van der Waals surface area contributed by atoms with E-state index in [1.807, 2.05) is 34.9 Å². The second kappa shape index (κ2) is 7.67. The molecule has 4 nitrogen and oxygen atoms in total. The van der Waals surface area contributed by atoms with Gasteiger partial charge in [0.2, 0.25) is 0 Å². The minimum atomic E-state index is 0.0627. The minimum Gasteiger partial charge on any atom is -0.299 e. The lowest BCUT2D eigenvalue weighted by Gasteiger charge is -2.32. The van der Waals surface area contributed by atoms with E-state index in [9.17, 15) is 4.79 Å². The Morgan fingerprint density at radius 2 is 1.58 bits per heavy atom. The maximum atomic E-state index is 13.0. The number of piperidine rings is 1. The average molecular weight is 345 g/mol. The first kappa shape index (κ1) is 16.7. The molecular weight excluding hydrogens is 322 g/mol. The van der Waals surface area contributed by atoms with Gasteiger partial charge in [0.05, 0.1) is 11.9 Å². The predicted octanol–water partition coefficient (Wildman–Crippen LogP) is 3.75. The van der Waals surface area contributed by atoms with Gasteiger partial charge in [-0.3, -0.25) is 14.3 Å². The summed E-state index contributed by atoms with van der Waals surface area (Å²) in [5, 5.41) is 0. The Labute approximate surface area is 153 Å². The van der Waals surface area contributed by atoms with E-state index in [1.165, 1.54) is 5.56 Å². The standard InChI is InChI=1S/C22H23N3O/c26-22-21(19-9-5-2-6-10-19)15-23-17-25(22)20-11-13-24(14-12-20)16-18-7-3-1-4-8-18/h1-10,15,17,20H,11-14,16H2. The zero-order chi connectivity index (χ0) is 17.8. The Morgan fingerprint density at radius 1 is 0.923 bits per heavy atom. The van der Waals surface area contributed by atoms with Crippen molar-refractivity contribution < 1.29 is 0 Å². The quantitative estimate of drug-likeness (QED) is 0.723. The van der Waals surface area contributed by atoms with Gasteiger partial charge in [-0.25, -0.2) is 4.98 Å². The molecule has 132 valence electrons. The van der Waals surface area contributed by atoms with Crippen molar-refractivity contribution in [3.63, 3.8) is 0 Å². The Hall–Kier alpha value is -2.72. The summed E-state index contributed by atoms with van der Waals surface area (Å²) in [5.74, 6) is 0. The number of benzene rings is 2. The van der Waals surface area contributed by atoms with E-state index in [0.29, 0.717) is 5.56 Å². The second-order valence-electron chi connectivity index (χ2n) is 6.88. The topological polar surface area (TPSA) is 38.1 Å². The Morgan fingerprint density at radius 3 is 2.27 bits per heavy atom. The van der Waals surface area contributed by atoms with Crippen molar-refractivity contribution in [2.24, 2.45) is 0 Å². The summed E-state index contributed by atoms with van der Waals surface area (Å²) >= 11 is 0. The SMILES string of the molecule is O=c1c(-c2ccccc2)cncn1C1CCN(Cc2ccccc2)CC1. The summed E-state index contributed by atoms with van der Waals surface area (Å²) in [6, 6.07) is 20.6. The highest BCUT2D eigenvalue weighted by Crippen LogP contribution is 2.23. The number of nitrogens with zero attached hydrogens (tertiary/aromatic N) is 3. The van der Waals surface area contributed by atoms with E-state index in [4.69, 9.17) is 0 Å². The first-order valence-electron chi connectivity index (χ1n) is 9.19. The fraction of sp³-hybridized carbons (Fsp3) is 0.273. The highest BCUT2D eigenvalue weighted by atomic mass is 16.1. The van der Waals surface area contributed by atoms with Gasteiger partial charge in [0.1, 0.15) is 0 Å². The van der Waals surface area contributed by atoms with Crippen LogP contribution in [0.5, 0.6) is 0 Å². The molecule has 2 heterocycles. The zero-order valence-corrected chi connectivity index (χ0v) is 14.8. The van der Waals surface area contributed by atoms with Crippen LogP contribution in [0.3, 0.4) is 0 Å². The average Bonchev–Trinajstić information content (AvgIpc) is 2.70. The van der Waals surface area contributed by atoms with Crippen LogP contribution in [0.2, 0.25) is 0 Å². The first-order valence-corrected chi connectivity index (χ1v) is 9.19. The van der Waals surface area contributed by atoms with Crippen LogP contribution in [0.1, 0.15) is 24.4 Å². The van der Waals surface area contributed by atoms with Gasteiger partial charge in [-0.15, -0.1) is 0 Å². The van der Waals surface area contributed by atoms with E-state index >= 15 is 0 Å². The van der Waals surface area contributed by atoms with Crippen molar-refractivity contribution in [2.45, 2.75) is 25.4 Å². The molecule has 4 rings (SSSR count). The van der Waals surface area contributed by atoms with Crippen LogP contribution in [0.4, 0.5) is 0 Å². The van der Waals surface area contributed by atoms with E-state index in [1.54, 1.807) is 12.5 Å². The Balaban J connectivity index is 1.47. The smallest absolute Gasteiger partial charge is 0.261 e. The summed E-state index contributed by atoms with van der Waals surface area (Å²) in [6.45, 7) is 2.98. The summed E-state index contributed by atoms with van der Waals surface area (Å²) < 4.78 is 1.84. The van der Waals surface area contributed by atoms with Gasteiger partial charge >= 0.3 is 0 Å². The highest BCUT2D eigenvalue weighted by molar-refractivity contribution is 5.60. The van der Waals surface area contributed by atoms with E-state index in [-0.39, 0.29) is 11.6 Å². The third kappa shape index (κ3) is 3.60. The van der Waals surface area contributed by atoms with Crippen molar-refractivity contribution >= 4 is 0 Å². The summed E-state index contributed by atoms with van der Waals surface area (Å²) in [4.78, 5) is 19.7. The van der Waals surface area contributed by atoms with Crippen molar-refractivity contribution in [3.05, 3.63) is 89.1 Å². The molecule has 1 aliphatic rings. The molecule has 1 fully saturated rings. The Bertz CT molecular complexity index is 897. The van der Waals surface area contributed by atoms with Crippen LogP contribution in [0, 0.1) is 0 Å². The molecule has 0 saturated carbocycles. The molecule has 0 bridgehead atoms. The molecule has 26 heavy (non-hydrogen) atoms. The van der Waals surface area contributed by atoms with Crippen LogP contribution in [0.25, 0.3) is 11.1 Å². The first-order chi connectivity index (χ1) is 12.8. The maximum absolute atomic E-state index is 13.0. The van der Waals surface area contributed by atoms with Crippen molar-refractivity contribution in [1.29, 1.82) is 0 Å². The number of hydrogen-bond donors (Lipinski definition) is 0. The van der Waals surface area contributed by atoms with Crippen molar-refractivity contribution in [2.75, 3.05) is 13.1 Å². The van der Waals surface area contributed by atoms with Gasteiger partial charge in [0, 0.05) is 31.9 Å². The molecule has 0 aliphatic carbocycles. The Kier molecular flexibility index (Phi) is 4.93. The van der Waals surface area contributed by atoms with Gasteiger partial charge in [0.15, 0.2) is 0 Å². The molecule has 1 saturated heterocycles. The number of hydrogen-bond acceptors (Lipinski definition) is 3. The van der Waals surface area contributed by atoms with Crippen molar-refractivity contribution in [3.8, 4) is 11.1 Å². The summed E-state index contributed by atoms with van der Waals surface area (Å²) in [5.41, 5.74) is 3.02. The lowest BCUT2D eigenvalue weighted by atomic mass is 10.0. The maximum Gasteiger partial charge on any atom is 0.261 e. The lowest BCUT2D eigenvalue weighted by molar-refractivity contribution is 0.177. The molecule has 4 heteroatoms. The molecule has 0 N–H and O–H groups in total. The predicted molar refractivity (Wildman–Crippen MR) is 104 cm³/mol. The van der Waals surface area contributed by atoms with Gasteiger partial charge in [-0.05, 0) is 24.0 Å². The van der Waals surface area contributed by atoms with Crippen LogP contribution < -0.4 is 5.56 Å².